The molecule has 43 heavy (non-hydrogen) atoms. The summed E-state index contributed by atoms with van der Waals surface area (Å²) in [5.41, 5.74) is 4.45. The number of fused-ring (bicyclic) bond motifs is 3. The van der Waals surface area contributed by atoms with E-state index in [4.69, 9.17) is 5.73 Å². The van der Waals surface area contributed by atoms with Gasteiger partial charge in [0.25, 0.3) is 5.91 Å². The Labute approximate surface area is 249 Å². The molecule has 1 unspecified atom stereocenters. The summed E-state index contributed by atoms with van der Waals surface area (Å²) in [7, 11) is 3.13. The minimum absolute atomic E-state index is 0.0246. The number of rotatable bonds is 5. The fourth-order valence-electron chi connectivity index (χ4n) is 6.56. The van der Waals surface area contributed by atoms with Gasteiger partial charge in [0.2, 0.25) is 5.78 Å². The molecule has 4 atom stereocenters. The van der Waals surface area contributed by atoms with Crippen LogP contribution in [0.4, 0.5) is 5.69 Å². The summed E-state index contributed by atoms with van der Waals surface area (Å²) in [5, 5.41) is 48.2. The molecule has 11 nitrogen and oxygen atoms in total. The Balaban J connectivity index is 1.60. The normalized spacial score (nSPS) is 25.6. The third-order valence-corrected chi connectivity index (χ3v) is 8.48. The van der Waals surface area contributed by atoms with E-state index in [-0.39, 0.29) is 35.3 Å². The number of primary amides is 1. The molecule has 11 heteroatoms. The zero-order valence-electron chi connectivity index (χ0n) is 24.7. The van der Waals surface area contributed by atoms with Gasteiger partial charge in [-0.1, -0.05) is 18.2 Å². The molecule has 1 saturated carbocycles. The van der Waals surface area contributed by atoms with Crippen molar-refractivity contribution >= 4 is 35.3 Å². The Hall–Kier alpha value is -4.48. The van der Waals surface area contributed by atoms with Crippen molar-refractivity contribution in [2.75, 3.05) is 19.4 Å². The zero-order valence-corrected chi connectivity index (χ0v) is 24.7. The minimum atomic E-state index is -2.67. The highest BCUT2D eigenvalue weighted by Gasteiger charge is 2.64. The van der Waals surface area contributed by atoms with E-state index >= 15 is 0 Å². The summed E-state index contributed by atoms with van der Waals surface area (Å²) >= 11 is 0. The number of carbonyl (C=O) groups excluding carboxylic acids is 3. The van der Waals surface area contributed by atoms with Crippen LogP contribution < -0.4 is 11.1 Å². The van der Waals surface area contributed by atoms with Crippen molar-refractivity contribution in [2.45, 2.75) is 50.8 Å². The number of phenolic OH excluding ortho intramolecular Hbond substituents is 1. The van der Waals surface area contributed by atoms with Gasteiger partial charge in [-0.2, -0.15) is 0 Å². The number of nitrogens with two attached hydrogens (primary N) is 1. The smallest absolute Gasteiger partial charge is 0.255 e. The predicted molar refractivity (Wildman–Crippen MR) is 162 cm³/mol. The molecule has 0 aromatic heterocycles. The third kappa shape index (κ3) is 4.78. The number of aliphatic hydroxyl groups excluding tert-OH is 2. The lowest BCUT2D eigenvalue weighted by Gasteiger charge is -2.50. The maximum atomic E-state index is 14.0. The van der Waals surface area contributed by atoms with Crippen LogP contribution in [0.5, 0.6) is 5.75 Å². The van der Waals surface area contributed by atoms with Gasteiger partial charge in [-0.15, -0.1) is 0 Å². The first-order valence-electron chi connectivity index (χ1n) is 14.0. The van der Waals surface area contributed by atoms with E-state index in [2.05, 4.69) is 10.3 Å². The van der Waals surface area contributed by atoms with Crippen molar-refractivity contribution in [2.24, 2.45) is 22.6 Å². The number of likely N-dealkylation sites (N-methyl/N-ethyl adjacent to an activating group) is 1. The van der Waals surface area contributed by atoms with E-state index in [1.807, 2.05) is 45.0 Å². The van der Waals surface area contributed by atoms with E-state index < -0.39 is 58.0 Å². The van der Waals surface area contributed by atoms with E-state index in [1.54, 1.807) is 26.5 Å². The number of phenols is 1. The molecule has 0 spiro atoms. The highest BCUT2D eigenvalue weighted by molar-refractivity contribution is 6.24. The van der Waals surface area contributed by atoms with Crippen molar-refractivity contribution in [3.8, 4) is 16.9 Å². The molecule has 0 aliphatic heterocycles. The maximum Gasteiger partial charge on any atom is 0.255 e. The summed E-state index contributed by atoms with van der Waals surface area (Å²) in [6, 6.07) is 9.53. The maximum absolute atomic E-state index is 14.0. The lowest BCUT2D eigenvalue weighted by molar-refractivity contribution is -0.153. The Morgan fingerprint density at radius 3 is 2.33 bits per heavy atom. The summed E-state index contributed by atoms with van der Waals surface area (Å²) in [6.07, 6.45) is 1.87. The summed E-state index contributed by atoms with van der Waals surface area (Å²) in [5.74, 6) is -6.77. The predicted octanol–water partition coefficient (Wildman–Crippen LogP) is 2.87. The van der Waals surface area contributed by atoms with E-state index in [0.717, 1.165) is 16.8 Å². The number of nitrogens with zero attached hydrogens (tertiary/aromatic N) is 2. The Bertz CT molecular complexity index is 1630. The summed E-state index contributed by atoms with van der Waals surface area (Å²) < 4.78 is 0. The second-order valence-electron chi connectivity index (χ2n) is 12.6. The van der Waals surface area contributed by atoms with Crippen LogP contribution in [0, 0.1) is 11.8 Å². The lowest BCUT2D eigenvalue weighted by Crippen LogP contribution is -2.65. The molecule has 1 fully saturated rings. The Kier molecular flexibility index (Phi) is 7.22. The van der Waals surface area contributed by atoms with Crippen molar-refractivity contribution < 1.29 is 34.8 Å². The second kappa shape index (κ2) is 10.4. The van der Waals surface area contributed by atoms with Crippen molar-refractivity contribution in [1.82, 2.24) is 4.90 Å². The molecule has 0 bridgehead atoms. The number of anilines is 1. The van der Waals surface area contributed by atoms with Crippen molar-refractivity contribution in [1.29, 1.82) is 0 Å². The number of hydrogen-bond acceptors (Lipinski definition) is 9. The Morgan fingerprint density at radius 1 is 1.09 bits per heavy atom. The average molecular weight is 589 g/mol. The van der Waals surface area contributed by atoms with Crippen LogP contribution >= 0.6 is 0 Å². The minimum Gasteiger partial charge on any atom is -0.508 e. The first-order chi connectivity index (χ1) is 20.1. The van der Waals surface area contributed by atoms with Gasteiger partial charge in [0.1, 0.15) is 22.8 Å². The SMILES string of the molecule is CN(C)C1C(=O)C(C(N)=O)=C(O)[C@]2(O)C(=O)C3=C(O)c4c(O)ccc(-c5ccc(NC=NC(C)(C)C)cc5)c4C[C@@H]3C[C@H]12. The highest BCUT2D eigenvalue weighted by atomic mass is 16.3. The number of aliphatic hydroxyl groups is 3. The first-order valence-corrected chi connectivity index (χ1v) is 14.0. The highest BCUT2D eigenvalue weighted by Crippen LogP contribution is 2.53. The number of amides is 1. The van der Waals surface area contributed by atoms with Crippen LogP contribution in [0.1, 0.15) is 38.3 Å². The number of Topliss-reactive ketones (excluding diaryl/α,β-unsaturated/α-hetero) is 2. The van der Waals surface area contributed by atoms with Crippen molar-refractivity contribution in [3.63, 3.8) is 0 Å². The molecule has 1 amide bonds. The molecule has 0 saturated heterocycles. The quantitative estimate of drug-likeness (QED) is 0.174. The van der Waals surface area contributed by atoms with Gasteiger partial charge < -0.3 is 31.5 Å². The molecule has 226 valence electrons. The van der Waals surface area contributed by atoms with Gasteiger partial charge in [0, 0.05) is 17.2 Å². The summed E-state index contributed by atoms with van der Waals surface area (Å²) in [4.78, 5) is 45.3. The third-order valence-electron chi connectivity index (χ3n) is 8.48. The van der Waals surface area contributed by atoms with Gasteiger partial charge in [-0.3, -0.25) is 24.3 Å². The van der Waals surface area contributed by atoms with Gasteiger partial charge in [-0.25, -0.2) is 0 Å². The van der Waals surface area contributed by atoms with E-state index in [1.165, 1.54) is 11.0 Å². The number of aliphatic imine (C=N–C) groups is 1. The number of hydrogen-bond donors (Lipinski definition) is 6. The van der Waals surface area contributed by atoms with Crippen LogP contribution in [-0.2, 0) is 20.8 Å². The molecule has 0 heterocycles. The molecule has 2 aromatic rings. The largest absolute Gasteiger partial charge is 0.508 e. The van der Waals surface area contributed by atoms with Crippen LogP contribution in [0.25, 0.3) is 16.9 Å². The molecule has 3 aliphatic rings. The van der Waals surface area contributed by atoms with Gasteiger partial charge in [0.05, 0.1) is 23.5 Å². The van der Waals surface area contributed by atoms with Crippen LogP contribution in [0.15, 0.2) is 58.3 Å². The fourth-order valence-corrected chi connectivity index (χ4v) is 6.56. The van der Waals surface area contributed by atoms with Crippen LogP contribution in [0.3, 0.4) is 0 Å². The van der Waals surface area contributed by atoms with Gasteiger partial charge in [-0.05, 0) is 88.5 Å². The van der Waals surface area contributed by atoms with Gasteiger partial charge in [0.15, 0.2) is 11.4 Å². The Morgan fingerprint density at radius 2 is 1.74 bits per heavy atom. The monoisotopic (exact) mass is 588 g/mol. The van der Waals surface area contributed by atoms with E-state index in [9.17, 15) is 34.8 Å². The number of ketones is 2. The number of benzene rings is 2. The molecule has 2 aromatic carbocycles. The fraction of sp³-hybridized carbons (Fsp3) is 0.375. The van der Waals surface area contributed by atoms with E-state index in [0.29, 0.717) is 5.56 Å². The van der Waals surface area contributed by atoms with Gasteiger partial charge >= 0.3 is 0 Å². The number of carbonyl (C=O) groups is 3. The average Bonchev–Trinajstić information content (AvgIpc) is 2.90. The molecule has 5 rings (SSSR count). The number of aromatic hydroxyl groups is 1. The second-order valence-corrected chi connectivity index (χ2v) is 12.6. The standard InChI is InChI=1S/C32H36N4O7/c1-31(2,3)35-14-34-17-8-6-15(7-9-17)18-10-11-21(37)23-19(18)12-16-13-20-25(36(4)5)27(39)24(30(33)42)29(41)32(20,43)28(40)22(16)26(23)38/h6-11,14,16,20,25,37-38,41,43H,12-13H2,1-5H3,(H2,33,42)(H,34,35)/t16-,20-,25?,32-/m1/s1. The zero-order chi connectivity index (χ0) is 31.6. The van der Waals surface area contributed by atoms with Crippen molar-refractivity contribution in [3.05, 3.63) is 64.4 Å². The topological polar surface area (TPSA) is 186 Å². The first kappa shape index (κ1) is 30.0. The summed E-state index contributed by atoms with van der Waals surface area (Å²) in [6.45, 7) is 5.97. The molecular formula is C32H36N4O7. The molecule has 7 N–H and O–H groups in total. The lowest BCUT2D eigenvalue weighted by atomic mass is 9.57. The molecular weight excluding hydrogens is 552 g/mol. The van der Waals surface area contributed by atoms with Crippen LogP contribution in [-0.4, -0.2) is 80.4 Å². The molecule has 3 aliphatic carbocycles. The number of nitrogens with one attached hydrogen (secondary N) is 1. The molecule has 0 radical (unpaired) electrons. The van der Waals surface area contributed by atoms with Crippen LogP contribution in [0.2, 0.25) is 0 Å².